The van der Waals surface area contributed by atoms with E-state index < -0.39 is 0 Å². The molecule has 3 aromatic rings. The van der Waals surface area contributed by atoms with E-state index in [9.17, 15) is 0 Å². The first-order valence-corrected chi connectivity index (χ1v) is 6.96. The summed E-state index contributed by atoms with van der Waals surface area (Å²) in [6.45, 7) is 3.83. The highest BCUT2D eigenvalue weighted by Crippen LogP contribution is 2.31. The van der Waals surface area contributed by atoms with Crippen LogP contribution in [0.1, 0.15) is 11.4 Å². The number of para-hydroxylation sites is 2. The van der Waals surface area contributed by atoms with Gasteiger partial charge < -0.3 is 10.1 Å². The minimum atomic E-state index is 0.684. The summed E-state index contributed by atoms with van der Waals surface area (Å²) >= 11 is 0. The van der Waals surface area contributed by atoms with Gasteiger partial charge >= 0.3 is 0 Å². The molecule has 110 valence electrons. The molecule has 0 radical (unpaired) electrons. The van der Waals surface area contributed by atoms with Crippen LogP contribution in [0.4, 0.5) is 11.5 Å². The van der Waals surface area contributed by atoms with Crippen molar-refractivity contribution in [2.45, 2.75) is 13.8 Å². The van der Waals surface area contributed by atoms with Gasteiger partial charge in [-0.15, -0.1) is 0 Å². The van der Waals surface area contributed by atoms with Gasteiger partial charge in [-0.2, -0.15) is 0 Å². The van der Waals surface area contributed by atoms with Gasteiger partial charge in [0.2, 0.25) is 0 Å². The Morgan fingerprint density at radius 2 is 1.86 bits per heavy atom. The molecule has 22 heavy (non-hydrogen) atoms. The topological polar surface area (TPSA) is 59.9 Å². The summed E-state index contributed by atoms with van der Waals surface area (Å²) in [6.07, 6.45) is 5.13. The first-order chi connectivity index (χ1) is 10.7. The number of benzene rings is 1. The van der Waals surface area contributed by atoms with Gasteiger partial charge in [-0.3, -0.25) is 9.97 Å². The molecule has 3 rings (SSSR count). The van der Waals surface area contributed by atoms with Crippen LogP contribution in [0.2, 0.25) is 0 Å². The third-order valence-electron chi connectivity index (χ3n) is 3.08. The Kier molecular flexibility index (Phi) is 3.96. The summed E-state index contributed by atoms with van der Waals surface area (Å²) in [5.41, 5.74) is 2.52. The van der Waals surface area contributed by atoms with E-state index in [1.807, 2.05) is 50.2 Å². The highest BCUT2D eigenvalue weighted by molar-refractivity contribution is 5.65. The Bertz CT molecular complexity index is 775. The molecule has 0 unspecified atom stereocenters. The molecule has 1 N–H and O–H groups in total. The van der Waals surface area contributed by atoms with Gasteiger partial charge in [-0.05, 0) is 38.1 Å². The summed E-state index contributed by atoms with van der Waals surface area (Å²) < 4.78 is 5.88. The fraction of sp³-hybridized carbons (Fsp3) is 0.118. The first kappa shape index (κ1) is 14.0. The van der Waals surface area contributed by atoms with Gasteiger partial charge in [0.15, 0.2) is 11.6 Å². The van der Waals surface area contributed by atoms with Crippen LogP contribution in [-0.4, -0.2) is 15.0 Å². The highest BCUT2D eigenvalue weighted by atomic mass is 16.5. The lowest BCUT2D eigenvalue weighted by Crippen LogP contribution is -2.01. The van der Waals surface area contributed by atoms with Crippen LogP contribution in [0, 0.1) is 13.8 Å². The number of anilines is 2. The van der Waals surface area contributed by atoms with Gasteiger partial charge in [-0.1, -0.05) is 12.1 Å². The molecule has 0 amide bonds. The van der Waals surface area contributed by atoms with Crippen LogP contribution >= 0.6 is 0 Å². The molecular formula is C17H16N4O. The molecule has 0 fully saturated rings. The maximum atomic E-state index is 5.88. The predicted octanol–water partition coefficient (Wildman–Crippen LogP) is 4.02. The van der Waals surface area contributed by atoms with Gasteiger partial charge in [0, 0.05) is 12.4 Å². The normalized spacial score (nSPS) is 10.3. The van der Waals surface area contributed by atoms with Crippen molar-refractivity contribution in [3.05, 3.63) is 66.4 Å². The summed E-state index contributed by atoms with van der Waals surface area (Å²) in [5.74, 6) is 2.12. The average molecular weight is 292 g/mol. The zero-order valence-electron chi connectivity index (χ0n) is 12.4. The van der Waals surface area contributed by atoms with Crippen molar-refractivity contribution in [2.24, 2.45) is 0 Å². The molecule has 0 aliphatic rings. The molecule has 0 bridgehead atoms. The molecule has 0 spiro atoms. The fourth-order valence-electron chi connectivity index (χ4n) is 1.98. The number of nitrogens with one attached hydrogen (secondary N) is 1. The molecule has 0 saturated heterocycles. The molecule has 2 heterocycles. The molecule has 5 heteroatoms. The number of nitrogens with zero attached hydrogens (tertiary/aromatic N) is 3. The molecule has 5 nitrogen and oxygen atoms in total. The van der Waals surface area contributed by atoms with Gasteiger partial charge in [0.05, 0.1) is 23.3 Å². The number of ether oxygens (including phenoxy) is 1. The predicted molar refractivity (Wildman–Crippen MR) is 85.5 cm³/mol. The van der Waals surface area contributed by atoms with Crippen molar-refractivity contribution >= 4 is 11.5 Å². The van der Waals surface area contributed by atoms with E-state index in [2.05, 4.69) is 20.3 Å². The zero-order valence-corrected chi connectivity index (χ0v) is 12.4. The quantitative estimate of drug-likeness (QED) is 0.787. The second-order valence-electron chi connectivity index (χ2n) is 4.86. The SMILES string of the molecule is Cc1cnc(C)c(Nc2ccccc2Oc2cccnc2)n1. The van der Waals surface area contributed by atoms with Gasteiger partial charge in [0.25, 0.3) is 0 Å². The van der Waals surface area contributed by atoms with Crippen molar-refractivity contribution in [2.75, 3.05) is 5.32 Å². The fourth-order valence-corrected chi connectivity index (χ4v) is 1.98. The Labute approximate surface area is 129 Å². The second-order valence-corrected chi connectivity index (χ2v) is 4.86. The van der Waals surface area contributed by atoms with Gasteiger partial charge in [-0.25, -0.2) is 4.98 Å². The van der Waals surface area contributed by atoms with Crippen LogP contribution in [0.5, 0.6) is 11.5 Å². The van der Waals surface area contributed by atoms with Crippen molar-refractivity contribution in [1.82, 2.24) is 15.0 Å². The molecule has 0 aliphatic heterocycles. The minimum absolute atomic E-state index is 0.684. The first-order valence-electron chi connectivity index (χ1n) is 6.96. The van der Waals surface area contributed by atoms with Crippen LogP contribution in [0.25, 0.3) is 0 Å². The lowest BCUT2D eigenvalue weighted by molar-refractivity contribution is 0.482. The lowest BCUT2D eigenvalue weighted by atomic mass is 10.3. The average Bonchev–Trinajstić information content (AvgIpc) is 2.54. The van der Waals surface area contributed by atoms with Gasteiger partial charge in [0.1, 0.15) is 5.75 Å². The zero-order chi connectivity index (χ0) is 15.4. The number of hydrogen-bond donors (Lipinski definition) is 1. The number of pyridine rings is 1. The third-order valence-corrected chi connectivity index (χ3v) is 3.08. The van der Waals surface area contributed by atoms with Crippen LogP contribution in [0.3, 0.4) is 0 Å². The largest absolute Gasteiger partial charge is 0.454 e. The summed E-state index contributed by atoms with van der Waals surface area (Å²) in [6, 6.07) is 11.4. The van der Waals surface area contributed by atoms with E-state index in [0.29, 0.717) is 11.5 Å². The number of aryl methyl sites for hydroxylation is 2. The maximum absolute atomic E-state index is 5.88. The van der Waals surface area contributed by atoms with Crippen molar-refractivity contribution < 1.29 is 4.74 Å². The van der Waals surface area contributed by atoms with E-state index in [0.717, 1.165) is 22.9 Å². The monoisotopic (exact) mass is 292 g/mol. The van der Waals surface area contributed by atoms with Crippen molar-refractivity contribution in [1.29, 1.82) is 0 Å². The van der Waals surface area contributed by atoms with E-state index in [-0.39, 0.29) is 0 Å². The molecule has 2 aromatic heterocycles. The highest BCUT2D eigenvalue weighted by Gasteiger charge is 2.08. The Hall–Kier alpha value is -2.95. The molecule has 0 aliphatic carbocycles. The molecule has 0 atom stereocenters. The van der Waals surface area contributed by atoms with E-state index in [1.165, 1.54) is 0 Å². The van der Waals surface area contributed by atoms with Crippen molar-refractivity contribution in [3.8, 4) is 11.5 Å². The van der Waals surface area contributed by atoms with Crippen molar-refractivity contribution in [3.63, 3.8) is 0 Å². The van der Waals surface area contributed by atoms with E-state index >= 15 is 0 Å². The Morgan fingerprint density at radius 3 is 2.68 bits per heavy atom. The van der Waals surface area contributed by atoms with Crippen LogP contribution in [-0.2, 0) is 0 Å². The lowest BCUT2D eigenvalue weighted by Gasteiger charge is -2.13. The second kappa shape index (κ2) is 6.22. The summed E-state index contributed by atoms with van der Waals surface area (Å²) in [5, 5.41) is 3.28. The van der Waals surface area contributed by atoms with Crippen LogP contribution < -0.4 is 10.1 Å². The van der Waals surface area contributed by atoms with Crippen LogP contribution in [0.15, 0.2) is 55.0 Å². The number of rotatable bonds is 4. The van der Waals surface area contributed by atoms with E-state index in [1.54, 1.807) is 18.6 Å². The van der Waals surface area contributed by atoms with E-state index in [4.69, 9.17) is 4.74 Å². The number of aromatic nitrogens is 3. The standard InChI is InChI=1S/C17H16N4O/c1-12-10-19-13(2)17(20-12)21-15-7-3-4-8-16(15)22-14-6-5-9-18-11-14/h3-11H,1-2H3,(H,20,21). The summed E-state index contributed by atoms with van der Waals surface area (Å²) in [7, 11) is 0. The number of hydrogen-bond acceptors (Lipinski definition) is 5. The molecule has 1 aromatic carbocycles. The third kappa shape index (κ3) is 3.20. The molecular weight excluding hydrogens is 276 g/mol. The maximum Gasteiger partial charge on any atom is 0.152 e. The summed E-state index contributed by atoms with van der Waals surface area (Å²) in [4.78, 5) is 12.8. The Balaban J connectivity index is 1.90. The minimum Gasteiger partial charge on any atom is -0.454 e. The Morgan fingerprint density at radius 1 is 1.00 bits per heavy atom. The molecule has 0 saturated carbocycles. The smallest absolute Gasteiger partial charge is 0.152 e.